The number of fused-ring (bicyclic) bond motifs is 1. The van der Waals surface area contributed by atoms with Crippen molar-refractivity contribution in [2.75, 3.05) is 31.1 Å². The highest BCUT2D eigenvalue weighted by molar-refractivity contribution is 5.60. The molecule has 4 rings (SSSR count). The van der Waals surface area contributed by atoms with Crippen molar-refractivity contribution in [1.82, 2.24) is 29.9 Å². The van der Waals surface area contributed by atoms with Crippen LogP contribution in [0.5, 0.6) is 0 Å². The zero-order valence-corrected chi connectivity index (χ0v) is 11.5. The van der Waals surface area contributed by atoms with Gasteiger partial charge in [-0.3, -0.25) is 0 Å². The van der Waals surface area contributed by atoms with Gasteiger partial charge in [-0.15, -0.1) is 0 Å². The minimum Gasteiger partial charge on any atom is -0.338 e. The maximum atomic E-state index is 4.68. The van der Waals surface area contributed by atoms with Crippen molar-refractivity contribution in [2.45, 2.75) is 0 Å². The molecule has 4 heterocycles. The SMILES string of the molecule is c1cnn2c(-c3ccnc(N4CCNCC4)n3)cnc2c1. The number of hydrogen-bond acceptors (Lipinski definition) is 6. The van der Waals surface area contributed by atoms with Gasteiger partial charge in [0.15, 0.2) is 5.65 Å². The van der Waals surface area contributed by atoms with E-state index in [4.69, 9.17) is 0 Å². The van der Waals surface area contributed by atoms with E-state index in [1.165, 1.54) is 0 Å². The lowest BCUT2D eigenvalue weighted by Crippen LogP contribution is -2.44. The first-order chi connectivity index (χ1) is 10.4. The van der Waals surface area contributed by atoms with Crippen molar-refractivity contribution in [3.63, 3.8) is 0 Å². The van der Waals surface area contributed by atoms with E-state index in [1.54, 1.807) is 23.1 Å². The summed E-state index contributed by atoms with van der Waals surface area (Å²) in [7, 11) is 0. The summed E-state index contributed by atoms with van der Waals surface area (Å²) in [6, 6.07) is 5.69. The van der Waals surface area contributed by atoms with Crippen LogP contribution in [0.1, 0.15) is 0 Å². The molecule has 1 N–H and O–H groups in total. The number of piperazine rings is 1. The first-order valence-corrected chi connectivity index (χ1v) is 7.00. The lowest BCUT2D eigenvalue weighted by atomic mass is 10.3. The van der Waals surface area contributed by atoms with Gasteiger partial charge < -0.3 is 10.2 Å². The standard InChI is InChI=1S/C14H15N7/c1-2-13-17-10-12(21(13)18-4-1)11-3-5-16-14(19-11)20-8-6-15-7-9-20/h1-5,10,15H,6-9H2. The van der Waals surface area contributed by atoms with E-state index in [1.807, 2.05) is 18.2 Å². The Morgan fingerprint density at radius 1 is 1.05 bits per heavy atom. The second kappa shape index (κ2) is 5.10. The molecule has 3 aromatic rings. The Hall–Kier alpha value is -2.54. The third kappa shape index (κ3) is 2.21. The van der Waals surface area contributed by atoms with Crippen LogP contribution in [-0.2, 0) is 0 Å². The van der Waals surface area contributed by atoms with Gasteiger partial charge in [-0.2, -0.15) is 5.10 Å². The molecule has 0 unspecified atom stereocenters. The lowest BCUT2D eigenvalue weighted by molar-refractivity contribution is 0.580. The monoisotopic (exact) mass is 281 g/mol. The molecular formula is C14H15N7. The Labute approximate surface area is 121 Å². The molecule has 0 radical (unpaired) electrons. The number of anilines is 1. The van der Waals surface area contributed by atoms with Crippen molar-refractivity contribution in [3.8, 4) is 11.4 Å². The Morgan fingerprint density at radius 3 is 2.86 bits per heavy atom. The van der Waals surface area contributed by atoms with Gasteiger partial charge >= 0.3 is 0 Å². The van der Waals surface area contributed by atoms with Gasteiger partial charge in [0.05, 0.1) is 11.9 Å². The van der Waals surface area contributed by atoms with Gasteiger partial charge in [0, 0.05) is 38.6 Å². The van der Waals surface area contributed by atoms with E-state index in [0.717, 1.165) is 49.2 Å². The molecule has 0 aliphatic carbocycles. The Bertz CT molecular complexity index is 761. The van der Waals surface area contributed by atoms with Crippen LogP contribution in [0.15, 0.2) is 36.8 Å². The van der Waals surface area contributed by atoms with E-state index in [-0.39, 0.29) is 0 Å². The molecule has 0 bridgehead atoms. The molecular weight excluding hydrogens is 266 g/mol. The van der Waals surface area contributed by atoms with Crippen LogP contribution in [0, 0.1) is 0 Å². The van der Waals surface area contributed by atoms with Crippen molar-refractivity contribution in [1.29, 1.82) is 0 Å². The van der Waals surface area contributed by atoms with Crippen molar-refractivity contribution < 1.29 is 0 Å². The number of hydrogen-bond donors (Lipinski definition) is 1. The Kier molecular flexibility index (Phi) is 2.97. The second-order valence-electron chi connectivity index (χ2n) is 4.92. The Morgan fingerprint density at radius 2 is 1.95 bits per heavy atom. The maximum Gasteiger partial charge on any atom is 0.225 e. The second-order valence-corrected chi connectivity index (χ2v) is 4.92. The fraction of sp³-hybridized carbons (Fsp3) is 0.286. The molecule has 7 nitrogen and oxygen atoms in total. The molecule has 1 fully saturated rings. The van der Waals surface area contributed by atoms with Crippen LogP contribution in [0.2, 0.25) is 0 Å². The van der Waals surface area contributed by atoms with Crippen molar-refractivity contribution in [3.05, 3.63) is 36.8 Å². The summed E-state index contributed by atoms with van der Waals surface area (Å²) in [5.41, 5.74) is 2.53. The zero-order chi connectivity index (χ0) is 14.1. The summed E-state index contributed by atoms with van der Waals surface area (Å²) in [6.45, 7) is 3.78. The average Bonchev–Trinajstić information content (AvgIpc) is 3.00. The minimum atomic E-state index is 0.764. The quantitative estimate of drug-likeness (QED) is 0.741. The van der Waals surface area contributed by atoms with Crippen molar-refractivity contribution >= 4 is 11.6 Å². The number of imidazole rings is 1. The van der Waals surface area contributed by atoms with Gasteiger partial charge in [-0.05, 0) is 18.2 Å². The largest absolute Gasteiger partial charge is 0.338 e. The molecule has 0 atom stereocenters. The van der Waals surface area contributed by atoms with Crippen LogP contribution in [0.3, 0.4) is 0 Å². The van der Waals surface area contributed by atoms with E-state index < -0.39 is 0 Å². The molecule has 1 saturated heterocycles. The van der Waals surface area contributed by atoms with E-state index in [2.05, 4.69) is 30.3 Å². The summed E-state index contributed by atoms with van der Waals surface area (Å²) < 4.78 is 1.80. The number of rotatable bonds is 2. The summed E-state index contributed by atoms with van der Waals surface area (Å²) >= 11 is 0. The highest BCUT2D eigenvalue weighted by Crippen LogP contribution is 2.19. The summed E-state index contributed by atoms with van der Waals surface area (Å²) in [5.74, 6) is 0.764. The van der Waals surface area contributed by atoms with E-state index >= 15 is 0 Å². The average molecular weight is 281 g/mol. The molecule has 0 aromatic carbocycles. The van der Waals surface area contributed by atoms with Crippen LogP contribution >= 0.6 is 0 Å². The normalized spacial score (nSPS) is 15.5. The van der Waals surface area contributed by atoms with Gasteiger partial charge in [-0.1, -0.05) is 0 Å². The van der Waals surface area contributed by atoms with Crippen LogP contribution in [0.25, 0.3) is 17.0 Å². The van der Waals surface area contributed by atoms with Gasteiger partial charge in [0.25, 0.3) is 0 Å². The highest BCUT2D eigenvalue weighted by atomic mass is 15.3. The predicted octanol–water partition coefficient (Wildman–Crippen LogP) is 0.596. The topological polar surface area (TPSA) is 71.2 Å². The number of nitrogens with one attached hydrogen (secondary N) is 1. The highest BCUT2D eigenvalue weighted by Gasteiger charge is 2.15. The molecule has 21 heavy (non-hydrogen) atoms. The minimum absolute atomic E-state index is 0.764. The fourth-order valence-corrected chi connectivity index (χ4v) is 2.51. The molecule has 0 spiro atoms. The fourth-order valence-electron chi connectivity index (χ4n) is 2.51. The van der Waals surface area contributed by atoms with Gasteiger partial charge in [0.1, 0.15) is 5.69 Å². The third-order valence-corrected chi connectivity index (χ3v) is 3.58. The number of aromatic nitrogens is 5. The van der Waals surface area contributed by atoms with Crippen LogP contribution < -0.4 is 10.2 Å². The molecule has 0 saturated carbocycles. The molecule has 1 aliphatic heterocycles. The number of nitrogens with zero attached hydrogens (tertiary/aromatic N) is 6. The van der Waals surface area contributed by atoms with Gasteiger partial charge in [0.2, 0.25) is 5.95 Å². The van der Waals surface area contributed by atoms with Crippen LogP contribution in [-0.4, -0.2) is 50.7 Å². The van der Waals surface area contributed by atoms with Gasteiger partial charge in [-0.25, -0.2) is 19.5 Å². The third-order valence-electron chi connectivity index (χ3n) is 3.58. The summed E-state index contributed by atoms with van der Waals surface area (Å²) in [5, 5.41) is 7.66. The van der Waals surface area contributed by atoms with E-state index in [9.17, 15) is 0 Å². The molecule has 0 amide bonds. The first-order valence-electron chi connectivity index (χ1n) is 7.00. The van der Waals surface area contributed by atoms with Crippen LogP contribution in [0.4, 0.5) is 5.95 Å². The summed E-state index contributed by atoms with van der Waals surface area (Å²) in [6.07, 6.45) is 5.34. The zero-order valence-electron chi connectivity index (χ0n) is 11.5. The predicted molar refractivity (Wildman–Crippen MR) is 79.1 cm³/mol. The lowest BCUT2D eigenvalue weighted by Gasteiger charge is -2.27. The first kappa shape index (κ1) is 12.2. The summed E-state index contributed by atoms with van der Waals surface area (Å²) in [4.78, 5) is 15.6. The molecule has 1 aliphatic rings. The molecule has 106 valence electrons. The molecule has 7 heteroatoms. The maximum absolute atomic E-state index is 4.68. The van der Waals surface area contributed by atoms with E-state index in [0.29, 0.717) is 0 Å². The Balaban J connectivity index is 1.75. The molecule has 3 aromatic heterocycles. The smallest absolute Gasteiger partial charge is 0.225 e. The van der Waals surface area contributed by atoms with Crippen molar-refractivity contribution in [2.24, 2.45) is 0 Å².